The Kier molecular flexibility index (Phi) is 6.10. The molecule has 1 aliphatic rings. The van der Waals surface area contributed by atoms with E-state index in [4.69, 9.17) is 13.8 Å². The molecule has 0 unspecified atom stereocenters. The van der Waals surface area contributed by atoms with Crippen molar-refractivity contribution in [3.8, 4) is 11.5 Å². The number of phenolic OH excluding ortho intramolecular Hbond substituents is 2. The first-order valence-corrected chi connectivity index (χ1v) is 13.5. The number of aryl methyl sites for hydroxylation is 2. The Morgan fingerprint density at radius 1 is 1.02 bits per heavy atom. The molecule has 6 rings (SSSR count). The molecular formula is C30H32N4O6. The number of fused-ring (bicyclic) bond motifs is 6. The van der Waals surface area contributed by atoms with Crippen LogP contribution >= 0.6 is 0 Å². The third-order valence-corrected chi connectivity index (χ3v) is 7.57. The zero-order chi connectivity index (χ0) is 28.5. The molecule has 3 N–H and O–H groups in total. The van der Waals surface area contributed by atoms with Gasteiger partial charge in [-0.2, -0.15) is 0 Å². The Labute approximate surface area is 229 Å². The lowest BCUT2D eigenvalue weighted by molar-refractivity contribution is -0.114. The van der Waals surface area contributed by atoms with Crippen LogP contribution in [0.3, 0.4) is 0 Å². The molecule has 5 aromatic rings. The average molecular weight is 545 g/mol. The lowest BCUT2D eigenvalue weighted by atomic mass is 9.99. The first-order valence-electron chi connectivity index (χ1n) is 13.5. The largest absolute Gasteiger partial charge is 0.505 e. The molecule has 0 bridgehead atoms. The van der Waals surface area contributed by atoms with Gasteiger partial charge in [0.25, 0.3) is 0 Å². The number of carbonyl (C=O) groups excluding carboxylic acids is 1. The van der Waals surface area contributed by atoms with Gasteiger partial charge in [-0.15, -0.1) is 0 Å². The molecule has 3 aromatic carbocycles. The van der Waals surface area contributed by atoms with Crippen LogP contribution in [0, 0.1) is 19.8 Å². The Morgan fingerprint density at radius 3 is 2.42 bits per heavy atom. The summed E-state index contributed by atoms with van der Waals surface area (Å²) in [5.41, 5.74) is 1.82. The molecule has 1 saturated heterocycles. The minimum absolute atomic E-state index is 0.000483. The van der Waals surface area contributed by atoms with Crippen LogP contribution in [0.15, 0.2) is 31.8 Å². The third kappa shape index (κ3) is 4.10. The second kappa shape index (κ2) is 9.41. The zero-order valence-electron chi connectivity index (χ0n) is 23.2. The summed E-state index contributed by atoms with van der Waals surface area (Å²) in [4.78, 5) is 35.0. The Bertz CT molecular complexity index is 1900. The van der Waals surface area contributed by atoms with Gasteiger partial charge >= 0.3 is 0 Å². The lowest BCUT2D eigenvalue weighted by Crippen LogP contribution is -2.47. The minimum atomic E-state index is -0.452. The normalized spacial score (nSPS) is 14.8. The van der Waals surface area contributed by atoms with E-state index in [2.05, 4.69) is 29.0 Å². The van der Waals surface area contributed by atoms with Gasteiger partial charge in [0.05, 0.1) is 5.39 Å². The van der Waals surface area contributed by atoms with E-state index in [0.717, 1.165) is 38.4 Å². The maximum atomic E-state index is 13.4. The maximum absolute atomic E-state index is 13.4. The van der Waals surface area contributed by atoms with E-state index in [1.807, 2.05) is 6.07 Å². The van der Waals surface area contributed by atoms with Crippen molar-refractivity contribution in [2.24, 2.45) is 5.92 Å². The van der Waals surface area contributed by atoms with Crippen LogP contribution in [0.5, 0.6) is 11.5 Å². The van der Waals surface area contributed by atoms with Gasteiger partial charge in [-0.05, 0) is 25.8 Å². The maximum Gasteiger partial charge on any atom is 0.221 e. The first-order chi connectivity index (χ1) is 19.0. The molecule has 10 nitrogen and oxygen atoms in total. The fourth-order valence-corrected chi connectivity index (χ4v) is 5.83. The number of anilines is 2. The summed E-state index contributed by atoms with van der Waals surface area (Å²) >= 11 is 0. The first kappa shape index (κ1) is 25.9. The van der Waals surface area contributed by atoms with E-state index >= 15 is 0 Å². The smallest absolute Gasteiger partial charge is 0.221 e. The van der Waals surface area contributed by atoms with Crippen LogP contribution in [0.2, 0.25) is 0 Å². The number of carbonyl (C=O) groups is 1. The van der Waals surface area contributed by atoms with Crippen LogP contribution < -0.4 is 15.6 Å². The van der Waals surface area contributed by atoms with Crippen molar-refractivity contribution in [1.29, 1.82) is 0 Å². The van der Waals surface area contributed by atoms with Crippen molar-refractivity contribution in [1.82, 2.24) is 9.88 Å². The number of rotatable bonds is 4. The molecule has 0 saturated carbocycles. The van der Waals surface area contributed by atoms with Crippen LogP contribution in [-0.4, -0.2) is 58.7 Å². The molecule has 10 heteroatoms. The molecule has 0 atom stereocenters. The second-order valence-corrected chi connectivity index (χ2v) is 11.1. The standard InChI is InChI=1S/C30H32N4O6/c1-14(2)13-33-6-8-34(9-7-33)18-11-20(36)24-21(12-18)40-30-25(32-24)22-19-10-15(3)39-29(19)16(4)27(37)23(22)28(38)26(30)31-17(5)35/h10-12,14,36,38H,6-9,13H2,1-5H3,(H,31,35). The minimum Gasteiger partial charge on any atom is -0.505 e. The van der Waals surface area contributed by atoms with Crippen LogP contribution in [0.25, 0.3) is 43.9 Å². The number of piperazine rings is 1. The van der Waals surface area contributed by atoms with E-state index in [1.54, 1.807) is 26.0 Å². The van der Waals surface area contributed by atoms with Gasteiger partial charge in [0.2, 0.25) is 5.91 Å². The van der Waals surface area contributed by atoms with Crippen molar-refractivity contribution in [2.75, 3.05) is 42.9 Å². The summed E-state index contributed by atoms with van der Waals surface area (Å²) < 4.78 is 12.1. The summed E-state index contributed by atoms with van der Waals surface area (Å²) in [6, 6.07) is 5.26. The van der Waals surface area contributed by atoms with Gasteiger partial charge in [0.1, 0.15) is 33.8 Å². The van der Waals surface area contributed by atoms with Crippen molar-refractivity contribution in [2.45, 2.75) is 34.6 Å². The van der Waals surface area contributed by atoms with Crippen molar-refractivity contribution in [3.63, 3.8) is 0 Å². The molecular weight excluding hydrogens is 512 g/mol. The summed E-state index contributed by atoms with van der Waals surface area (Å²) in [7, 11) is 0. The fourth-order valence-electron chi connectivity index (χ4n) is 5.83. The number of nitrogens with zero attached hydrogens (tertiary/aromatic N) is 3. The van der Waals surface area contributed by atoms with Crippen LogP contribution in [-0.2, 0) is 4.79 Å². The average Bonchev–Trinajstić information content (AvgIpc) is 3.29. The molecule has 0 radical (unpaired) electrons. The quantitative estimate of drug-likeness (QED) is 0.162. The molecule has 1 fully saturated rings. The van der Waals surface area contributed by atoms with Gasteiger partial charge in [-0.3, -0.25) is 14.5 Å². The molecule has 3 heterocycles. The highest BCUT2D eigenvalue weighted by molar-refractivity contribution is 6.24. The van der Waals surface area contributed by atoms with Crippen LogP contribution in [0.1, 0.15) is 32.1 Å². The monoisotopic (exact) mass is 544 g/mol. The molecule has 2 aromatic heterocycles. The van der Waals surface area contributed by atoms with Crippen molar-refractivity contribution < 1.29 is 23.8 Å². The van der Waals surface area contributed by atoms with Gasteiger partial charge in [-0.25, -0.2) is 4.98 Å². The van der Waals surface area contributed by atoms with E-state index in [1.165, 1.54) is 6.92 Å². The fraction of sp³-hybridized carbons (Fsp3) is 0.367. The third-order valence-electron chi connectivity index (χ3n) is 7.57. The second-order valence-electron chi connectivity index (χ2n) is 11.1. The topological polar surface area (TPSA) is 132 Å². The lowest BCUT2D eigenvalue weighted by Gasteiger charge is -2.36. The van der Waals surface area contributed by atoms with Crippen molar-refractivity contribution in [3.05, 3.63) is 39.7 Å². The molecule has 1 amide bonds. The highest BCUT2D eigenvalue weighted by Crippen LogP contribution is 2.45. The number of aromatic nitrogens is 1. The molecule has 0 spiro atoms. The van der Waals surface area contributed by atoms with Gasteiger partial charge in [-0.1, -0.05) is 13.8 Å². The number of aromatic hydroxyl groups is 2. The van der Waals surface area contributed by atoms with E-state index < -0.39 is 17.1 Å². The zero-order valence-corrected chi connectivity index (χ0v) is 23.2. The molecule has 0 aliphatic carbocycles. The predicted molar refractivity (Wildman–Crippen MR) is 156 cm³/mol. The number of hydrogen-bond acceptors (Lipinski definition) is 9. The highest BCUT2D eigenvalue weighted by Gasteiger charge is 2.27. The van der Waals surface area contributed by atoms with E-state index in [9.17, 15) is 19.8 Å². The molecule has 1 aliphatic heterocycles. The van der Waals surface area contributed by atoms with Gasteiger partial charge in [0.15, 0.2) is 22.3 Å². The predicted octanol–water partition coefficient (Wildman–Crippen LogP) is 5.01. The SMILES string of the molecule is CC(=O)Nc1c(O)c2c(=O)c(C)c3oc(C)cc3c2c2nc3c(O)cc(N4CCN(CC(C)C)CC4)cc3oc12. The number of hydrogen-bond donors (Lipinski definition) is 3. The Balaban J connectivity index is 1.61. The summed E-state index contributed by atoms with van der Waals surface area (Å²) in [5, 5.41) is 26.0. The Morgan fingerprint density at radius 2 is 1.75 bits per heavy atom. The molecule has 208 valence electrons. The van der Waals surface area contributed by atoms with E-state index in [0.29, 0.717) is 33.6 Å². The summed E-state index contributed by atoms with van der Waals surface area (Å²) in [6.07, 6.45) is 0. The number of furan rings is 1. The highest BCUT2D eigenvalue weighted by atomic mass is 16.3. The molecule has 40 heavy (non-hydrogen) atoms. The number of phenols is 2. The van der Waals surface area contributed by atoms with Crippen molar-refractivity contribution >= 4 is 61.2 Å². The van der Waals surface area contributed by atoms with Gasteiger partial charge < -0.3 is 29.3 Å². The summed E-state index contributed by atoms with van der Waals surface area (Å²) in [5.74, 6) is 0.250. The van der Waals surface area contributed by atoms with Crippen LogP contribution in [0.4, 0.5) is 11.4 Å². The Hall–Kier alpha value is -4.31. The van der Waals surface area contributed by atoms with Gasteiger partial charge in [0, 0.05) is 73.8 Å². The summed E-state index contributed by atoms with van der Waals surface area (Å²) in [6.45, 7) is 13.6. The number of amides is 1. The van der Waals surface area contributed by atoms with E-state index in [-0.39, 0.29) is 39.0 Å². The number of benzene rings is 3. The number of nitrogens with one attached hydrogen (secondary N) is 1.